The molecule has 15 fully saturated rings. The van der Waals surface area contributed by atoms with Gasteiger partial charge in [-0.25, -0.2) is 28.2 Å². The number of benzene rings is 3. The number of rotatable bonds is 29. The average Bonchev–Trinajstić information content (AvgIpc) is 0.685. The van der Waals surface area contributed by atoms with Crippen LogP contribution in [-0.4, -0.2) is 73.8 Å². The van der Waals surface area contributed by atoms with E-state index in [0.717, 1.165) is 99.0 Å². The molecule has 18 rings (SSSR count). The zero-order chi connectivity index (χ0) is 74.3. The topological polar surface area (TPSA) is 288 Å². The summed E-state index contributed by atoms with van der Waals surface area (Å²) < 4.78 is 93.9. The largest absolute Gasteiger partial charge is 0.530 e. The van der Waals surface area contributed by atoms with Gasteiger partial charge in [-0.2, -0.15) is 35.7 Å². The number of phosphoric acid groups is 2. The van der Waals surface area contributed by atoms with Gasteiger partial charge in [0.05, 0.1) is 96.2 Å². The van der Waals surface area contributed by atoms with E-state index in [4.69, 9.17) is 91.7 Å². The lowest BCUT2D eigenvalue weighted by molar-refractivity contribution is -0.648. The third kappa shape index (κ3) is 15.5. The van der Waals surface area contributed by atoms with Crippen molar-refractivity contribution >= 4 is 15.6 Å². The Morgan fingerprint density at radius 1 is 0.410 bits per heavy atom. The second-order valence-electron chi connectivity index (χ2n) is 34.9. The van der Waals surface area contributed by atoms with E-state index in [2.05, 4.69) is 41.5 Å². The standard InChI is InChI=1S/C29H39N2O7P.C28H36FN2O7P.C23H32O4/c1-27(2,3)9-14-33-29(28(37-38-29)24-16-21-15-22(18-24)19-25(28)17-21)23-7-4-8-26(20-23)36-39(32,34-12-5-10-30)35-13-6-11-31;1-26(2,29)8-13-33-28(27(37-38-28)23-15-20-14-21(17-23)18-24(27)16-20)22-6-3-7-25(19-22)36-39(32,34-11-4-9-30)35-12-5-10-31;1-21(2,3)7-8-25-23(17-5-4-6-20(24)14-17)22(26-27-23)18-10-15-9-16(12-18)13-19(22)11-15/h4,7-8,20-22,24-25H,5-6,9,12-19H2,1-3H3;3,6-7,19-21,23-24H,4-5,8,11-18H2,1-2H3;4-6,14-16,18-19,24H,7-13H2,1-3H3. The predicted octanol–water partition coefficient (Wildman–Crippen LogP) is 18.4. The van der Waals surface area contributed by atoms with E-state index >= 15 is 0 Å². The molecule has 572 valence electrons. The first-order valence-electron chi connectivity index (χ1n) is 38.5. The molecule has 15 aliphatic rings. The Balaban J connectivity index is 0.000000142. The van der Waals surface area contributed by atoms with Gasteiger partial charge >= 0.3 is 15.6 Å². The van der Waals surface area contributed by atoms with Crippen LogP contribution < -0.4 is 9.05 Å². The van der Waals surface area contributed by atoms with Crippen molar-refractivity contribution in [2.75, 3.05) is 46.2 Å². The monoisotopic (exact) mass is 1490 g/mol. The number of phenolic OH excluding ortho intramolecular Hbond substituents is 1. The summed E-state index contributed by atoms with van der Waals surface area (Å²) in [5, 5.41) is 45.6. The number of alkyl halides is 1. The molecule has 1 N–H and O–H groups in total. The van der Waals surface area contributed by atoms with Gasteiger partial charge in [0.25, 0.3) is 17.4 Å². The van der Waals surface area contributed by atoms with Crippen molar-refractivity contribution in [1.82, 2.24) is 0 Å². The highest BCUT2D eigenvalue weighted by molar-refractivity contribution is 7.49. The zero-order valence-corrected chi connectivity index (χ0v) is 64.1. The van der Waals surface area contributed by atoms with E-state index in [1.807, 2.05) is 48.5 Å². The molecule has 105 heavy (non-hydrogen) atoms. The van der Waals surface area contributed by atoms with Crippen molar-refractivity contribution in [3.63, 3.8) is 0 Å². The van der Waals surface area contributed by atoms with Gasteiger partial charge < -0.3 is 28.4 Å². The van der Waals surface area contributed by atoms with Crippen LogP contribution in [0, 0.1) is 127 Å². The third-order valence-corrected chi connectivity index (χ3v) is 27.6. The Kier molecular flexibility index (Phi) is 23.0. The van der Waals surface area contributed by atoms with Crippen LogP contribution in [0.4, 0.5) is 4.39 Å². The maximum Gasteiger partial charge on any atom is 0.530 e. The first-order valence-corrected chi connectivity index (χ1v) is 41.4. The van der Waals surface area contributed by atoms with Crippen LogP contribution in [0.2, 0.25) is 0 Å². The molecule has 25 heteroatoms. The predicted molar refractivity (Wildman–Crippen MR) is 379 cm³/mol. The molecule has 3 heterocycles. The minimum absolute atomic E-state index is 0.00463. The van der Waals surface area contributed by atoms with E-state index in [1.165, 1.54) is 58.8 Å². The summed E-state index contributed by atoms with van der Waals surface area (Å²) in [6.07, 6.45) is 19.5. The van der Waals surface area contributed by atoms with Crippen LogP contribution in [0.25, 0.3) is 0 Å². The molecule has 3 aliphatic heterocycles. The van der Waals surface area contributed by atoms with Gasteiger partial charge in [0.15, 0.2) is 16.8 Å². The van der Waals surface area contributed by atoms with Gasteiger partial charge in [0, 0.05) is 23.1 Å². The maximum absolute atomic E-state index is 14.4. The van der Waals surface area contributed by atoms with Crippen molar-refractivity contribution < 1.29 is 89.3 Å². The van der Waals surface area contributed by atoms with E-state index in [0.29, 0.717) is 54.3 Å². The first kappa shape index (κ1) is 78.0. The molecule has 3 spiro atoms. The Morgan fingerprint density at radius 2 is 0.686 bits per heavy atom. The fourth-order valence-corrected chi connectivity index (χ4v) is 23.1. The molecule has 3 aromatic rings. The number of phosphoric ester groups is 2. The van der Waals surface area contributed by atoms with Crippen LogP contribution in [0.15, 0.2) is 72.8 Å². The van der Waals surface area contributed by atoms with Gasteiger partial charge in [-0.15, -0.1) is 0 Å². The fraction of sp³-hybridized carbons (Fsp3) is 0.725. The smallest absolute Gasteiger partial charge is 0.508 e. The van der Waals surface area contributed by atoms with E-state index in [-0.39, 0.29) is 105 Å². The number of phenols is 1. The second-order valence-corrected chi connectivity index (χ2v) is 38.1. The van der Waals surface area contributed by atoms with E-state index < -0.39 is 55.5 Å². The zero-order valence-electron chi connectivity index (χ0n) is 62.3. The molecule has 12 bridgehead atoms. The van der Waals surface area contributed by atoms with Crippen LogP contribution in [0.5, 0.6) is 17.2 Å². The highest BCUT2D eigenvalue weighted by Crippen LogP contribution is 2.73. The first-order chi connectivity index (χ1) is 50.1. The van der Waals surface area contributed by atoms with Crippen molar-refractivity contribution in [2.24, 2.45) is 81.8 Å². The molecule has 0 radical (unpaired) electrons. The SMILES string of the molecule is CC(C)(C)CCOC1(c2cccc(O)c2)OOC12C1CC3CC(C1)CC2C3.CC(C)(C)CCOC1(c2cccc(OP(=O)(OCCC#N)OCCC#N)c2)OOC12C1CC3CC(C1)CC2C3.CC(C)(F)CCOC1(c2cccc(OP(=O)(OCCC#N)OCCC#N)c2)OOC12C1CC3CC(C1)CC2C3. The third-order valence-electron chi connectivity index (χ3n) is 24.7. The lowest BCUT2D eigenvalue weighted by Crippen LogP contribution is -2.76. The lowest BCUT2D eigenvalue weighted by Gasteiger charge is -2.69. The van der Waals surface area contributed by atoms with Crippen molar-refractivity contribution in [3.05, 3.63) is 89.5 Å². The average molecular weight is 1490 g/mol. The normalized spacial score (nSPS) is 35.4. The summed E-state index contributed by atoms with van der Waals surface area (Å²) in [6, 6.07) is 29.2. The number of ether oxygens (including phenoxy) is 3. The molecule has 3 saturated heterocycles. The molecular weight excluding hydrogens is 1390 g/mol. The molecule has 3 unspecified atom stereocenters. The molecule has 0 amide bonds. The Hall–Kier alpha value is -5.11. The highest BCUT2D eigenvalue weighted by atomic mass is 31.2. The summed E-state index contributed by atoms with van der Waals surface area (Å²) >= 11 is 0. The van der Waals surface area contributed by atoms with Gasteiger partial charge in [-0.3, -0.25) is 18.1 Å². The second kappa shape index (κ2) is 31.0. The fourth-order valence-electron chi connectivity index (χ4n) is 20.7. The lowest BCUT2D eigenvalue weighted by atomic mass is 9.47. The quantitative estimate of drug-likeness (QED) is 0.0384. The Bertz CT molecular complexity index is 3520. The minimum atomic E-state index is -4.13. The van der Waals surface area contributed by atoms with Gasteiger partial charge in [-0.1, -0.05) is 77.9 Å². The summed E-state index contributed by atoms with van der Waals surface area (Å²) in [7, 11) is -8.22. The molecule has 0 aromatic heterocycles. The van der Waals surface area contributed by atoms with Gasteiger partial charge in [-0.05, 0) is 241 Å². The number of nitriles is 4. The van der Waals surface area contributed by atoms with E-state index in [1.54, 1.807) is 48.5 Å². The van der Waals surface area contributed by atoms with Crippen molar-refractivity contribution in [2.45, 2.75) is 236 Å². The Labute approximate surface area is 618 Å². The van der Waals surface area contributed by atoms with Crippen molar-refractivity contribution in [3.8, 4) is 41.5 Å². The van der Waals surface area contributed by atoms with Crippen LogP contribution in [0.1, 0.15) is 213 Å². The summed E-state index contributed by atoms with van der Waals surface area (Å²) in [6.45, 7) is 17.0. The molecular formula is C80H107FN4O18P2. The van der Waals surface area contributed by atoms with Gasteiger partial charge in [0.1, 0.15) is 22.9 Å². The molecule has 3 atom stereocenters. The van der Waals surface area contributed by atoms with Crippen LogP contribution in [-0.2, 0) is 88.1 Å². The maximum atomic E-state index is 14.4. The molecule has 12 saturated carbocycles. The number of halogens is 1. The molecule has 12 aliphatic carbocycles. The number of hydrogen-bond donors (Lipinski definition) is 1. The number of hydrogen-bond acceptors (Lipinski definition) is 22. The molecule has 22 nitrogen and oxygen atoms in total. The van der Waals surface area contributed by atoms with E-state index in [9.17, 15) is 18.6 Å². The summed E-state index contributed by atoms with van der Waals surface area (Å²) in [4.78, 5) is 36.3. The number of aromatic hydroxyl groups is 1. The van der Waals surface area contributed by atoms with Crippen LogP contribution in [0.3, 0.4) is 0 Å². The van der Waals surface area contributed by atoms with Gasteiger partial charge in [0.2, 0.25) is 0 Å². The minimum Gasteiger partial charge on any atom is -0.508 e. The van der Waals surface area contributed by atoms with Crippen LogP contribution >= 0.6 is 15.6 Å². The molecule has 3 aromatic carbocycles. The Morgan fingerprint density at radius 3 is 0.933 bits per heavy atom. The summed E-state index contributed by atoms with van der Waals surface area (Å²) in [5.74, 6) is 4.14. The highest BCUT2D eigenvalue weighted by Gasteiger charge is 2.80. The summed E-state index contributed by atoms with van der Waals surface area (Å²) in [5.41, 5.74) is -0.541. The van der Waals surface area contributed by atoms with Crippen molar-refractivity contribution in [1.29, 1.82) is 21.0 Å². The number of nitrogens with zero attached hydrogens (tertiary/aromatic N) is 4.